The number of aliphatic imine (C=N–C) groups is 1. The fraction of sp³-hybridized carbons (Fsp3) is 0.738. The molecule has 1 aliphatic heterocycles. The second-order valence-corrected chi connectivity index (χ2v) is 17.8. The Balaban J connectivity index is 1.11. The molecule has 50 heavy (non-hydrogen) atoms. The van der Waals surface area contributed by atoms with Crippen molar-refractivity contribution in [3.05, 3.63) is 47.3 Å². The highest BCUT2D eigenvalue weighted by Gasteiger charge is 2.70. The van der Waals surface area contributed by atoms with Crippen LogP contribution in [-0.4, -0.2) is 45.2 Å². The first-order valence-corrected chi connectivity index (χ1v) is 19.6. The fourth-order valence-electron chi connectivity index (χ4n) is 14.4. The average Bonchev–Trinajstić information content (AvgIpc) is 3.81. The molecule has 4 saturated carbocycles. The second kappa shape index (κ2) is 11.6. The van der Waals surface area contributed by atoms with Crippen LogP contribution in [0, 0.1) is 57.2 Å². The first-order valence-electron chi connectivity index (χ1n) is 19.6. The van der Waals surface area contributed by atoms with E-state index in [2.05, 4.69) is 39.1 Å². The maximum atomic E-state index is 14.4. The Morgan fingerprint density at radius 3 is 2.10 bits per heavy atom. The summed E-state index contributed by atoms with van der Waals surface area (Å²) in [5, 5.41) is 0. The molecule has 8 nitrogen and oxygen atoms in total. The van der Waals surface area contributed by atoms with Crippen molar-refractivity contribution < 1.29 is 32.6 Å². The lowest BCUT2D eigenvalue weighted by Gasteiger charge is -2.64. The van der Waals surface area contributed by atoms with Crippen LogP contribution in [0.5, 0.6) is 0 Å². The van der Waals surface area contributed by atoms with Crippen LogP contribution in [0.15, 0.2) is 38.5 Å². The molecular formula is C42H55NO7. The summed E-state index contributed by atoms with van der Waals surface area (Å²) in [5.74, 6) is 4.61. The van der Waals surface area contributed by atoms with Gasteiger partial charge in [0.05, 0.1) is 38.8 Å². The van der Waals surface area contributed by atoms with Crippen LogP contribution in [-0.2, 0) is 36.6 Å². The molecule has 0 aromatic carbocycles. The van der Waals surface area contributed by atoms with E-state index in [-0.39, 0.29) is 34.6 Å². The van der Waals surface area contributed by atoms with Gasteiger partial charge in [-0.15, -0.1) is 0 Å². The second-order valence-electron chi connectivity index (χ2n) is 17.8. The Bertz CT molecular complexity index is 1690. The molecule has 9 rings (SSSR count). The summed E-state index contributed by atoms with van der Waals surface area (Å²) in [4.78, 5) is 33.4. The van der Waals surface area contributed by atoms with E-state index in [0.717, 1.165) is 88.6 Å². The van der Waals surface area contributed by atoms with Crippen molar-refractivity contribution >= 4 is 18.2 Å². The number of carbonyl (C=O) groups is 2. The van der Waals surface area contributed by atoms with Gasteiger partial charge in [0.1, 0.15) is 16.9 Å². The maximum Gasteiger partial charge on any atom is 0.316 e. The van der Waals surface area contributed by atoms with E-state index >= 15 is 0 Å². The molecule has 4 fully saturated rings. The maximum absolute atomic E-state index is 14.4. The number of ether oxygens (including phenoxy) is 3. The van der Waals surface area contributed by atoms with Crippen LogP contribution in [0.3, 0.4) is 0 Å². The van der Waals surface area contributed by atoms with Crippen LogP contribution in [0.1, 0.15) is 119 Å². The summed E-state index contributed by atoms with van der Waals surface area (Å²) in [7, 11) is 3.07. The van der Waals surface area contributed by atoms with E-state index in [1.807, 2.05) is 12.5 Å². The zero-order valence-electron chi connectivity index (χ0n) is 30.6. The van der Waals surface area contributed by atoms with E-state index in [1.54, 1.807) is 7.11 Å². The first-order chi connectivity index (χ1) is 24.1. The summed E-state index contributed by atoms with van der Waals surface area (Å²) >= 11 is 0. The molecule has 0 radical (unpaired) electrons. The van der Waals surface area contributed by atoms with Crippen LogP contribution in [0.4, 0.5) is 0 Å². The van der Waals surface area contributed by atoms with Crippen molar-refractivity contribution in [2.45, 2.75) is 116 Å². The lowest BCUT2D eigenvalue weighted by atomic mass is 9.41. The van der Waals surface area contributed by atoms with Crippen molar-refractivity contribution in [3.63, 3.8) is 0 Å². The third kappa shape index (κ3) is 4.17. The summed E-state index contributed by atoms with van der Waals surface area (Å²) in [6.45, 7) is 7.32. The summed E-state index contributed by atoms with van der Waals surface area (Å²) < 4.78 is 30.8. The molecule has 2 aromatic rings. The van der Waals surface area contributed by atoms with Gasteiger partial charge in [-0.05, 0) is 129 Å². The van der Waals surface area contributed by atoms with Gasteiger partial charge >= 0.3 is 11.9 Å². The SMILES string of the molecule is COC(=O)C1(C)CCCC2(COC3N=CC45CCCC3(C(=O)OC)C4CCC3C(C)c4ccoc4CC35)C3Cc4occc4C(C)C3CCC12. The number of furan rings is 2. The molecule has 7 aliphatic rings. The number of hydrogen-bond acceptors (Lipinski definition) is 8. The van der Waals surface area contributed by atoms with Gasteiger partial charge in [0, 0.05) is 29.9 Å². The number of hydrogen-bond donors (Lipinski definition) is 0. The quantitative estimate of drug-likeness (QED) is 0.292. The Hall–Kier alpha value is -2.87. The summed E-state index contributed by atoms with van der Waals surface area (Å²) in [6, 6.07) is 4.32. The molecule has 0 amide bonds. The Morgan fingerprint density at radius 2 is 1.42 bits per heavy atom. The van der Waals surface area contributed by atoms with E-state index in [4.69, 9.17) is 28.0 Å². The molecule has 0 saturated heterocycles. The smallest absolute Gasteiger partial charge is 0.316 e. The minimum Gasteiger partial charge on any atom is -0.469 e. The van der Waals surface area contributed by atoms with Crippen molar-refractivity contribution in [1.82, 2.24) is 0 Å². The zero-order chi connectivity index (χ0) is 34.6. The van der Waals surface area contributed by atoms with E-state index < -0.39 is 17.1 Å². The average molecular weight is 686 g/mol. The monoisotopic (exact) mass is 685 g/mol. The van der Waals surface area contributed by atoms with Gasteiger partial charge in [0.2, 0.25) is 0 Å². The van der Waals surface area contributed by atoms with Crippen LogP contribution in [0.25, 0.3) is 0 Å². The molecule has 2 bridgehead atoms. The number of fused-ring (bicyclic) bond motifs is 6. The summed E-state index contributed by atoms with van der Waals surface area (Å²) in [5.41, 5.74) is 0.799. The van der Waals surface area contributed by atoms with Crippen LogP contribution >= 0.6 is 0 Å². The number of nitrogens with zero attached hydrogens (tertiary/aromatic N) is 1. The first kappa shape index (κ1) is 33.0. The molecule has 270 valence electrons. The molecule has 2 aromatic heterocycles. The minimum atomic E-state index is -0.839. The third-order valence-electron chi connectivity index (χ3n) is 16.6. The summed E-state index contributed by atoms with van der Waals surface area (Å²) in [6.07, 6.45) is 16.6. The largest absolute Gasteiger partial charge is 0.469 e. The lowest BCUT2D eigenvalue weighted by Crippen LogP contribution is -2.66. The van der Waals surface area contributed by atoms with Gasteiger partial charge in [-0.2, -0.15) is 0 Å². The molecule has 3 heterocycles. The molecular weight excluding hydrogens is 630 g/mol. The van der Waals surface area contributed by atoms with Gasteiger partial charge in [-0.3, -0.25) is 14.6 Å². The van der Waals surface area contributed by atoms with Crippen molar-refractivity contribution in [3.8, 4) is 0 Å². The van der Waals surface area contributed by atoms with Crippen molar-refractivity contribution in [1.29, 1.82) is 0 Å². The van der Waals surface area contributed by atoms with E-state index in [1.165, 1.54) is 18.2 Å². The normalized spacial score (nSPS) is 45.5. The van der Waals surface area contributed by atoms with Gasteiger partial charge < -0.3 is 23.0 Å². The highest BCUT2D eigenvalue weighted by atomic mass is 16.5. The minimum absolute atomic E-state index is 0.100. The molecule has 0 N–H and O–H groups in total. The van der Waals surface area contributed by atoms with Gasteiger partial charge in [-0.1, -0.05) is 26.7 Å². The zero-order valence-corrected chi connectivity index (χ0v) is 30.6. The predicted octanol–water partition coefficient (Wildman–Crippen LogP) is 8.28. The number of methoxy groups -OCH3 is 2. The Labute approximate surface area is 296 Å². The number of carbonyl (C=O) groups excluding carboxylic acids is 2. The van der Waals surface area contributed by atoms with Crippen LogP contribution < -0.4 is 0 Å². The molecule has 6 aliphatic carbocycles. The lowest BCUT2D eigenvalue weighted by molar-refractivity contribution is -0.220. The standard InChI is InChI=1S/C42H55NO7/c1-24-26-9-11-35-40(30(26)20-32-28(24)12-18-48-32)15-7-17-42(35,38(45)47-5)36(43-22-40)50-23-41-16-6-14-39(3,37(44)46-4)34(41)10-8-27-25(2)29-13-19-49-33(29)21-31(27)41/h12-13,18-19,22,24-27,30-31,34-36H,6-11,14-17,20-21,23H2,1-5H3. The molecule has 8 heteroatoms. The number of rotatable bonds is 5. The number of esters is 2. The van der Waals surface area contributed by atoms with Crippen molar-refractivity contribution in [2.24, 2.45) is 62.2 Å². The molecule has 13 unspecified atom stereocenters. The van der Waals surface area contributed by atoms with E-state index in [9.17, 15) is 9.59 Å². The highest BCUT2D eigenvalue weighted by molar-refractivity contribution is 5.83. The highest BCUT2D eigenvalue weighted by Crippen LogP contribution is 2.69. The predicted molar refractivity (Wildman–Crippen MR) is 186 cm³/mol. The van der Waals surface area contributed by atoms with Gasteiger partial charge in [-0.25, -0.2) is 0 Å². The van der Waals surface area contributed by atoms with E-state index in [0.29, 0.717) is 42.1 Å². The van der Waals surface area contributed by atoms with Crippen molar-refractivity contribution in [2.75, 3.05) is 20.8 Å². The Morgan fingerprint density at radius 1 is 0.800 bits per heavy atom. The molecule has 0 spiro atoms. The molecule has 13 atom stereocenters. The van der Waals surface area contributed by atoms with Gasteiger partial charge in [0.25, 0.3) is 0 Å². The topological polar surface area (TPSA) is 100 Å². The van der Waals surface area contributed by atoms with Crippen LogP contribution in [0.2, 0.25) is 0 Å². The van der Waals surface area contributed by atoms with Gasteiger partial charge in [0.15, 0.2) is 6.23 Å². The fourth-order valence-corrected chi connectivity index (χ4v) is 14.4. The Kier molecular flexibility index (Phi) is 7.63. The third-order valence-corrected chi connectivity index (χ3v) is 16.6.